The van der Waals surface area contributed by atoms with E-state index >= 15 is 0 Å². The first-order valence-corrected chi connectivity index (χ1v) is 12.4. The summed E-state index contributed by atoms with van der Waals surface area (Å²) in [5.74, 6) is -0.411. The van der Waals surface area contributed by atoms with Crippen LogP contribution in [0.4, 0.5) is 11.4 Å². The Kier molecular flexibility index (Phi) is 7.59. The zero-order valence-electron chi connectivity index (χ0n) is 18.4. The zero-order chi connectivity index (χ0) is 23.3. The van der Waals surface area contributed by atoms with Gasteiger partial charge in [0.05, 0.1) is 10.7 Å². The molecule has 7 heteroatoms. The molecule has 0 spiro atoms. The third-order valence-electron chi connectivity index (χ3n) is 5.36. The Hall–Kier alpha value is -2.83. The summed E-state index contributed by atoms with van der Waals surface area (Å²) in [5.41, 5.74) is 4.31. The van der Waals surface area contributed by atoms with Crippen LogP contribution in [0, 0.1) is 13.8 Å². The van der Waals surface area contributed by atoms with Crippen LogP contribution in [0.3, 0.4) is 0 Å². The lowest BCUT2D eigenvalue weighted by Gasteiger charge is -2.14. The Morgan fingerprint density at radius 3 is 2.41 bits per heavy atom. The predicted octanol–water partition coefficient (Wildman–Crippen LogP) is 6.35. The van der Waals surface area contributed by atoms with Gasteiger partial charge in [-0.15, -0.1) is 0 Å². The molecule has 0 aliphatic rings. The first-order chi connectivity index (χ1) is 15.2. The SMILES string of the molecule is CCCCc1ccc(NC(=O)c2ccc(Cl)c(S(=O)(=O)Nc3cccc(C)c3C)c2)cc1. The lowest BCUT2D eigenvalue weighted by atomic mass is 10.1. The van der Waals surface area contributed by atoms with E-state index in [1.54, 1.807) is 12.1 Å². The van der Waals surface area contributed by atoms with E-state index in [-0.39, 0.29) is 15.5 Å². The van der Waals surface area contributed by atoms with Crippen LogP contribution in [-0.2, 0) is 16.4 Å². The van der Waals surface area contributed by atoms with E-state index in [9.17, 15) is 13.2 Å². The average molecular weight is 471 g/mol. The molecule has 0 saturated carbocycles. The maximum Gasteiger partial charge on any atom is 0.263 e. The van der Waals surface area contributed by atoms with Gasteiger partial charge in [0.15, 0.2) is 0 Å². The van der Waals surface area contributed by atoms with Gasteiger partial charge < -0.3 is 5.32 Å². The van der Waals surface area contributed by atoms with Gasteiger partial charge in [-0.25, -0.2) is 8.42 Å². The van der Waals surface area contributed by atoms with E-state index in [0.29, 0.717) is 11.4 Å². The van der Waals surface area contributed by atoms with Crippen LogP contribution in [0.2, 0.25) is 5.02 Å². The lowest BCUT2D eigenvalue weighted by Crippen LogP contribution is -2.17. The summed E-state index contributed by atoms with van der Waals surface area (Å²) in [5, 5.41) is 2.85. The number of hydrogen-bond acceptors (Lipinski definition) is 3. The van der Waals surface area contributed by atoms with E-state index < -0.39 is 15.9 Å². The summed E-state index contributed by atoms with van der Waals surface area (Å²) < 4.78 is 28.6. The Morgan fingerprint density at radius 2 is 1.72 bits per heavy atom. The number of rotatable bonds is 8. The molecule has 0 aromatic heterocycles. The Balaban J connectivity index is 1.81. The number of benzene rings is 3. The fourth-order valence-electron chi connectivity index (χ4n) is 3.25. The van der Waals surface area contributed by atoms with Crippen LogP contribution in [0.15, 0.2) is 65.6 Å². The standard InChI is InChI=1S/C25H27ClN2O3S/c1-4-5-8-19-10-13-21(14-11-19)27-25(29)20-12-15-22(26)24(16-20)32(30,31)28-23-9-6-7-17(2)18(23)3/h6-7,9-16,28H,4-5,8H2,1-3H3,(H,27,29). The van der Waals surface area contributed by atoms with Gasteiger partial charge in [0.2, 0.25) is 0 Å². The van der Waals surface area contributed by atoms with Gasteiger partial charge in [0, 0.05) is 11.3 Å². The second kappa shape index (κ2) is 10.2. The molecular weight excluding hydrogens is 444 g/mol. The van der Waals surface area contributed by atoms with Gasteiger partial charge >= 0.3 is 0 Å². The Labute approximate surface area is 194 Å². The molecule has 0 atom stereocenters. The van der Waals surface area contributed by atoms with Crippen molar-refractivity contribution in [1.29, 1.82) is 0 Å². The number of carbonyl (C=O) groups is 1. The molecule has 3 aromatic rings. The van der Waals surface area contributed by atoms with Crippen molar-refractivity contribution in [2.75, 3.05) is 10.0 Å². The van der Waals surface area contributed by atoms with Crippen LogP contribution < -0.4 is 10.0 Å². The van der Waals surface area contributed by atoms with Crippen molar-refractivity contribution in [1.82, 2.24) is 0 Å². The molecular formula is C25H27ClN2O3S. The summed E-state index contributed by atoms with van der Waals surface area (Å²) in [4.78, 5) is 12.6. The van der Waals surface area contributed by atoms with E-state index in [0.717, 1.165) is 30.4 Å². The van der Waals surface area contributed by atoms with Crippen LogP contribution in [0.1, 0.15) is 46.8 Å². The summed E-state index contributed by atoms with van der Waals surface area (Å²) >= 11 is 6.19. The van der Waals surface area contributed by atoms with Crippen molar-refractivity contribution in [3.63, 3.8) is 0 Å². The number of amides is 1. The van der Waals surface area contributed by atoms with Crippen molar-refractivity contribution in [2.24, 2.45) is 0 Å². The summed E-state index contributed by atoms with van der Waals surface area (Å²) in [7, 11) is -3.99. The number of carbonyl (C=O) groups excluding carboxylic acids is 1. The molecule has 168 valence electrons. The third-order valence-corrected chi connectivity index (χ3v) is 7.21. The highest BCUT2D eigenvalue weighted by Gasteiger charge is 2.21. The van der Waals surface area contributed by atoms with Crippen LogP contribution in [-0.4, -0.2) is 14.3 Å². The normalized spacial score (nSPS) is 11.2. The van der Waals surface area contributed by atoms with Crippen LogP contribution in [0.5, 0.6) is 0 Å². The number of anilines is 2. The summed E-state index contributed by atoms with van der Waals surface area (Å²) in [6.07, 6.45) is 3.24. The van der Waals surface area contributed by atoms with Crippen molar-refractivity contribution in [2.45, 2.75) is 44.9 Å². The summed E-state index contributed by atoms with van der Waals surface area (Å²) in [6.45, 7) is 5.89. The number of hydrogen-bond donors (Lipinski definition) is 2. The predicted molar refractivity (Wildman–Crippen MR) is 131 cm³/mol. The molecule has 0 radical (unpaired) electrons. The quantitative estimate of drug-likeness (QED) is 0.402. The van der Waals surface area contributed by atoms with Crippen molar-refractivity contribution in [3.05, 3.63) is 87.9 Å². The van der Waals surface area contributed by atoms with Gasteiger partial charge in [0.1, 0.15) is 4.90 Å². The molecule has 2 N–H and O–H groups in total. The molecule has 0 fully saturated rings. The molecule has 0 heterocycles. The fraction of sp³-hybridized carbons (Fsp3) is 0.240. The average Bonchev–Trinajstić information content (AvgIpc) is 2.76. The van der Waals surface area contributed by atoms with Gasteiger partial charge in [-0.2, -0.15) is 0 Å². The van der Waals surface area contributed by atoms with Crippen molar-refractivity contribution < 1.29 is 13.2 Å². The third kappa shape index (κ3) is 5.69. The molecule has 3 aromatic carbocycles. The molecule has 0 aliphatic carbocycles. The highest BCUT2D eigenvalue weighted by Crippen LogP contribution is 2.27. The number of unbranched alkanes of at least 4 members (excludes halogenated alkanes) is 1. The largest absolute Gasteiger partial charge is 0.322 e. The van der Waals surface area contributed by atoms with Crippen molar-refractivity contribution >= 4 is 38.9 Å². The smallest absolute Gasteiger partial charge is 0.263 e. The topological polar surface area (TPSA) is 75.3 Å². The van der Waals surface area contributed by atoms with Crippen LogP contribution in [0.25, 0.3) is 0 Å². The molecule has 0 bridgehead atoms. The summed E-state index contributed by atoms with van der Waals surface area (Å²) in [6, 6.07) is 17.2. The Bertz CT molecular complexity index is 1220. The van der Waals surface area contributed by atoms with Gasteiger partial charge in [-0.1, -0.05) is 49.2 Å². The minimum absolute atomic E-state index is 0.0413. The molecule has 32 heavy (non-hydrogen) atoms. The minimum Gasteiger partial charge on any atom is -0.322 e. The van der Waals surface area contributed by atoms with Gasteiger partial charge in [-0.3, -0.25) is 9.52 Å². The van der Waals surface area contributed by atoms with E-state index in [2.05, 4.69) is 17.0 Å². The monoisotopic (exact) mass is 470 g/mol. The van der Waals surface area contributed by atoms with Crippen LogP contribution >= 0.6 is 11.6 Å². The minimum atomic E-state index is -3.99. The first-order valence-electron chi connectivity index (χ1n) is 10.5. The number of aryl methyl sites for hydroxylation is 2. The zero-order valence-corrected chi connectivity index (χ0v) is 20.0. The number of halogens is 1. The number of sulfonamides is 1. The second-order valence-electron chi connectivity index (χ2n) is 7.75. The van der Waals surface area contributed by atoms with Gasteiger partial charge in [-0.05, 0) is 79.8 Å². The molecule has 5 nitrogen and oxygen atoms in total. The maximum absolute atomic E-state index is 13.0. The fourth-order valence-corrected chi connectivity index (χ4v) is 4.90. The van der Waals surface area contributed by atoms with Gasteiger partial charge in [0.25, 0.3) is 15.9 Å². The molecule has 0 aliphatic heterocycles. The molecule has 0 saturated heterocycles. The first kappa shape index (κ1) is 23.8. The highest BCUT2D eigenvalue weighted by molar-refractivity contribution is 7.92. The Morgan fingerprint density at radius 1 is 1.00 bits per heavy atom. The van der Waals surface area contributed by atoms with E-state index in [4.69, 9.17) is 11.6 Å². The highest BCUT2D eigenvalue weighted by atomic mass is 35.5. The molecule has 0 unspecified atom stereocenters. The molecule has 3 rings (SSSR count). The van der Waals surface area contributed by atoms with Crippen molar-refractivity contribution in [3.8, 4) is 0 Å². The molecule has 1 amide bonds. The number of nitrogens with one attached hydrogen (secondary N) is 2. The maximum atomic E-state index is 13.0. The second-order valence-corrected chi connectivity index (χ2v) is 9.81. The van der Waals surface area contributed by atoms with E-state index in [1.165, 1.54) is 23.8 Å². The van der Waals surface area contributed by atoms with E-state index in [1.807, 2.05) is 44.2 Å². The lowest BCUT2D eigenvalue weighted by molar-refractivity contribution is 0.102.